The highest BCUT2D eigenvalue weighted by molar-refractivity contribution is 5.94. The molecule has 1 amide bonds. The molecular formula is C19H25NO5. The van der Waals surface area contributed by atoms with Crippen LogP contribution in [0.5, 0.6) is 5.75 Å². The Morgan fingerprint density at radius 2 is 1.96 bits per heavy atom. The number of ether oxygens (including phenoxy) is 2. The summed E-state index contributed by atoms with van der Waals surface area (Å²) in [6, 6.07) is 6.73. The Labute approximate surface area is 147 Å². The first-order valence-electron chi connectivity index (χ1n) is 8.96. The van der Waals surface area contributed by atoms with Gasteiger partial charge in [0.15, 0.2) is 6.61 Å². The summed E-state index contributed by atoms with van der Waals surface area (Å²) in [7, 11) is 0. The summed E-state index contributed by atoms with van der Waals surface area (Å²) in [4.78, 5) is 25.4. The first kappa shape index (κ1) is 17.7. The SMILES string of the molecule is O=C(O)COc1cccc(C(=O)N2CCOC3(CCCCCC3)C2)c1. The fourth-order valence-electron chi connectivity index (χ4n) is 3.74. The number of aliphatic carboxylic acids is 1. The Hall–Kier alpha value is -2.08. The standard InChI is InChI=1S/C19H25NO5/c21-17(22)13-24-16-7-5-6-15(12-16)18(23)20-10-11-25-19(14-20)8-3-1-2-4-9-19/h5-7,12H,1-4,8-11,13-14H2,(H,21,22). The lowest BCUT2D eigenvalue weighted by atomic mass is 9.92. The van der Waals surface area contributed by atoms with Crippen LogP contribution in [-0.4, -0.2) is 53.8 Å². The van der Waals surface area contributed by atoms with Crippen LogP contribution in [0, 0.1) is 0 Å². The summed E-state index contributed by atoms with van der Waals surface area (Å²) in [6.45, 7) is 1.37. The van der Waals surface area contributed by atoms with Gasteiger partial charge in [-0.05, 0) is 31.0 Å². The molecule has 2 aliphatic rings. The lowest BCUT2D eigenvalue weighted by molar-refractivity contribution is -0.139. The van der Waals surface area contributed by atoms with E-state index in [4.69, 9.17) is 14.6 Å². The second-order valence-electron chi connectivity index (χ2n) is 6.88. The van der Waals surface area contributed by atoms with Crippen molar-refractivity contribution in [2.45, 2.75) is 44.1 Å². The number of rotatable bonds is 4. The Kier molecular flexibility index (Phi) is 5.58. The van der Waals surface area contributed by atoms with E-state index in [-0.39, 0.29) is 11.5 Å². The molecule has 6 nitrogen and oxygen atoms in total. The largest absolute Gasteiger partial charge is 0.482 e. The van der Waals surface area contributed by atoms with Crippen molar-refractivity contribution < 1.29 is 24.2 Å². The zero-order valence-corrected chi connectivity index (χ0v) is 14.4. The molecule has 1 aromatic rings. The van der Waals surface area contributed by atoms with Crippen molar-refractivity contribution in [2.24, 2.45) is 0 Å². The molecule has 1 aliphatic heterocycles. The quantitative estimate of drug-likeness (QED) is 0.906. The molecule has 136 valence electrons. The van der Waals surface area contributed by atoms with E-state index >= 15 is 0 Å². The third-order valence-corrected chi connectivity index (χ3v) is 4.99. The molecule has 6 heteroatoms. The van der Waals surface area contributed by atoms with Crippen molar-refractivity contribution in [1.29, 1.82) is 0 Å². The molecule has 1 aliphatic carbocycles. The molecule has 1 saturated carbocycles. The van der Waals surface area contributed by atoms with Gasteiger partial charge in [-0.25, -0.2) is 4.79 Å². The number of nitrogens with zero attached hydrogens (tertiary/aromatic N) is 1. The minimum atomic E-state index is -1.04. The van der Waals surface area contributed by atoms with E-state index in [0.717, 1.165) is 25.7 Å². The van der Waals surface area contributed by atoms with Crippen LogP contribution < -0.4 is 4.74 Å². The van der Waals surface area contributed by atoms with E-state index in [2.05, 4.69) is 0 Å². The summed E-state index contributed by atoms with van der Waals surface area (Å²) < 4.78 is 11.3. The van der Waals surface area contributed by atoms with Crippen molar-refractivity contribution in [3.05, 3.63) is 29.8 Å². The van der Waals surface area contributed by atoms with E-state index in [1.165, 1.54) is 12.8 Å². The molecule has 0 atom stereocenters. The molecule has 0 bridgehead atoms. The number of carboxylic acids is 1. The van der Waals surface area contributed by atoms with Crippen LogP contribution in [0.3, 0.4) is 0 Å². The Morgan fingerprint density at radius 1 is 1.20 bits per heavy atom. The van der Waals surface area contributed by atoms with Gasteiger partial charge in [0, 0.05) is 12.1 Å². The van der Waals surface area contributed by atoms with Gasteiger partial charge in [0.1, 0.15) is 5.75 Å². The zero-order chi connectivity index (χ0) is 17.7. The highest BCUT2D eigenvalue weighted by atomic mass is 16.5. The average molecular weight is 347 g/mol. The molecule has 0 aromatic heterocycles. The Morgan fingerprint density at radius 3 is 2.68 bits per heavy atom. The molecule has 0 radical (unpaired) electrons. The molecule has 25 heavy (non-hydrogen) atoms. The molecular weight excluding hydrogens is 322 g/mol. The van der Waals surface area contributed by atoms with Crippen molar-refractivity contribution >= 4 is 11.9 Å². The number of carboxylic acid groups (broad SMARTS) is 1. The normalized spacial score (nSPS) is 20.1. The van der Waals surface area contributed by atoms with E-state index < -0.39 is 12.6 Å². The highest BCUT2D eigenvalue weighted by Crippen LogP contribution is 2.33. The van der Waals surface area contributed by atoms with Crippen LogP contribution in [0.25, 0.3) is 0 Å². The zero-order valence-electron chi connectivity index (χ0n) is 14.4. The minimum Gasteiger partial charge on any atom is -0.482 e. The van der Waals surface area contributed by atoms with Crippen molar-refractivity contribution in [3.63, 3.8) is 0 Å². The fraction of sp³-hybridized carbons (Fsp3) is 0.579. The van der Waals surface area contributed by atoms with Gasteiger partial charge in [0.2, 0.25) is 0 Å². The molecule has 2 fully saturated rings. The summed E-state index contributed by atoms with van der Waals surface area (Å²) in [5.74, 6) is -0.696. The van der Waals surface area contributed by atoms with Gasteiger partial charge in [-0.3, -0.25) is 4.79 Å². The first-order chi connectivity index (χ1) is 12.1. The number of benzene rings is 1. The smallest absolute Gasteiger partial charge is 0.341 e. The van der Waals surface area contributed by atoms with Crippen molar-refractivity contribution in [1.82, 2.24) is 4.90 Å². The van der Waals surface area contributed by atoms with Gasteiger partial charge in [0.25, 0.3) is 5.91 Å². The van der Waals surface area contributed by atoms with Gasteiger partial charge in [-0.1, -0.05) is 31.7 Å². The summed E-state index contributed by atoms with van der Waals surface area (Å²) >= 11 is 0. The monoisotopic (exact) mass is 347 g/mol. The number of hydrogen-bond acceptors (Lipinski definition) is 4. The van der Waals surface area contributed by atoms with E-state index in [1.54, 1.807) is 24.3 Å². The minimum absolute atomic E-state index is 0.0484. The maximum atomic E-state index is 12.9. The van der Waals surface area contributed by atoms with Crippen LogP contribution in [0.1, 0.15) is 48.9 Å². The topological polar surface area (TPSA) is 76.1 Å². The predicted molar refractivity (Wildman–Crippen MR) is 91.9 cm³/mol. The fourth-order valence-corrected chi connectivity index (χ4v) is 3.74. The maximum absolute atomic E-state index is 12.9. The van der Waals surface area contributed by atoms with Gasteiger partial charge < -0.3 is 19.5 Å². The number of morpholine rings is 1. The van der Waals surface area contributed by atoms with Gasteiger partial charge in [-0.2, -0.15) is 0 Å². The van der Waals surface area contributed by atoms with E-state index in [9.17, 15) is 9.59 Å². The van der Waals surface area contributed by atoms with Crippen LogP contribution in [0.15, 0.2) is 24.3 Å². The van der Waals surface area contributed by atoms with Crippen LogP contribution in [0.4, 0.5) is 0 Å². The molecule has 1 spiro atoms. The van der Waals surface area contributed by atoms with Gasteiger partial charge in [0.05, 0.1) is 18.8 Å². The van der Waals surface area contributed by atoms with E-state index in [0.29, 0.717) is 31.0 Å². The third-order valence-electron chi connectivity index (χ3n) is 4.99. The third kappa shape index (κ3) is 4.51. The van der Waals surface area contributed by atoms with Crippen LogP contribution >= 0.6 is 0 Å². The van der Waals surface area contributed by atoms with Crippen molar-refractivity contribution in [2.75, 3.05) is 26.3 Å². The number of carbonyl (C=O) groups is 2. The summed E-state index contributed by atoms with van der Waals surface area (Å²) in [5.41, 5.74) is 0.329. The maximum Gasteiger partial charge on any atom is 0.341 e. The number of carbonyl (C=O) groups excluding carboxylic acids is 1. The van der Waals surface area contributed by atoms with Crippen molar-refractivity contribution in [3.8, 4) is 5.75 Å². The van der Waals surface area contributed by atoms with Crippen LogP contribution in [-0.2, 0) is 9.53 Å². The van der Waals surface area contributed by atoms with Gasteiger partial charge >= 0.3 is 5.97 Å². The molecule has 0 unspecified atom stereocenters. The Balaban J connectivity index is 1.69. The lowest BCUT2D eigenvalue weighted by Gasteiger charge is -2.42. The summed E-state index contributed by atoms with van der Waals surface area (Å²) in [6.07, 6.45) is 6.81. The second kappa shape index (κ2) is 7.87. The number of amides is 1. The highest BCUT2D eigenvalue weighted by Gasteiger charge is 2.38. The number of hydrogen-bond donors (Lipinski definition) is 1. The van der Waals surface area contributed by atoms with E-state index in [1.807, 2.05) is 4.90 Å². The second-order valence-corrected chi connectivity index (χ2v) is 6.88. The Bertz CT molecular complexity index is 622. The molecule has 1 saturated heterocycles. The molecule has 1 heterocycles. The molecule has 1 aromatic carbocycles. The van der Waals surface area contributed by atoms with Crippen LogP contribution in [0.2, 0.25) is 0 Å². The predicted octanol–water partition coefficient (Wildman–Crippen LogP) is 2.72. The first-order valence-corrected chi connectivity index (χ1v) is 8.96. The average Bonchev–Trinajstić information content (AvgIpc) is 2.85. The summed E-state index contributed by atoms with van der Waals surface area (Å²) in [5, 5.41) is 8.71. The molecule has 3 rings (SSSR count). The lowest BCUT2D eigenvalue weighted by Crippen LogP contribution is -2.53. The molecule has 1 N–H and O–H groups in total. The van der Waals surface area contributed by atoms with Gasteiger partial charge in [-0.15, -0.1) is 0 Å².